The Bertz CT molecular complexity index is 1300. The van der Waals surface area contributed by atoms with Gasteiger partial charge in [0.2, 0.25) is 5.78 Å². The molecule has 166 valence electrons. The molecule has 0 atom stereocenters. The second kappa shape index (κ2) is 9.06. The van der Waals surface area contributed by atoms with Crippen LogP contribution in [0, 0.1) is 6.92 Å². The minimum Gasteiger partial charge on any atom is -0.477 e. The van der Waals surface area contributed by atoms with Gasteiger partial charge in [-0.3, -0.25) is 9.69 Å². The molecule has 0 unspecified atom stereocenters. The fraction of sp³-hybridized carbons (Fsp3) is 0.148. The minimum absolute atomic E-state index is 0.116. The molecule has 0 spiro atoms. The summed E-state index contributed by atoms with van der Waals surface area (Å²) in [6.45, 7) is 3.68. The van der Waals surface area contributed by atoms with Crippen LogP contribution in [-0.2, 0) is 13.1 Å². The molecule has 6 heteroatoms. The van der Waals surface area contributed by atoms with Crippen LogP contribution in [-0.4, -0.2) is 17.4 Å². The first kappa shape index (κ1) is 21.8. The van der Waals surface area contributed by atoms with Crippen LogP contribution in [0.4, 0.5) is 0 Å². The van der Waals surface area contributed by atoms with Crippen LogP contribution in [0.25, 0.3) is 6.08 Å². The third kappa shape index (κ3) is 4.42. The van der Waals surface area contributed by atoms with Gasteiger partial charge in [-0.05, 0) is 42.3 Å². The van der Waals surface area contributed by atoms with Gasteiger partial charge in [-0.15, -0.1) is 0 Å². The van der Waals surface area contributed by atoms with Crippen LogP contribution >= 0.6 is 23.2 Å². The zero-order valence-corrected chi connectivity index (χ0v) is 19.5. The van der Waals surface area contributed by atoms with E-state index in [0.717, 1.165) is 28.0 Å². The molecule has 0 saturated carbocycles. The highest BCUT2D eigenvalue weighted by molar-refractivity contribution is 6.42. The van der Waals surface area contributed by atoms with Crippen molar-refractivity contribution >= 4 is 35.1 Å². The summed E-state index contributed by atoms with van der Waals surface area (Å²) in [6.07, 6.45) is 5.49. The Morgan fingerprint density at radius 3 is 2.64 bits per heavy atom. The van der Waals surface area contributed by atoms with E-state index in [9.17, 15) is 4.79 Å². The Labute approximate surface area is 202 Å². The van der Waals surface area contributed by atoms with Gasteiger partial charge in [-0.25, -0.2) is 0 Å². The van der Waals surface area contributed by atoms with Crippen molar-refractivity contribution < 1.29 is 14.3 Å². The van der Waals surface area contributed by atoms with Gasteiger partial charge in [-0.2, -0.15) is 0 Å². The van der Waals surface area contributed by atoms with Crippen molar-refractivity contribution in [3.05, 3.63) is 110 Å². The van der Waals surface area contributed by atoms with E-state index < -0.39 is 0 Å². The molecule has 33 heavy (non-hydrogen) atoms. The molecular formula is C27H21Cl2NO3. The first-order chi connectivity index (χ1) is 16.0. The SMILES string of the molecule is Cc1c2c(cc3c1O/C(=C\C=C\c1ccccc1)C3=O)CN(Cc1ccc(Cl)c(Cl)c1)CO2. The van der Waals surface area contributed by atoms with Crippen LogP contribution in [0.1, 0.15) is 32.6 Å². The summed E-state index contributed by atoms with van der Waals surface area (Å²) in [7, 11) is 0. The number of hydrogen-bond acceptors (Lipinski definition) is 4. The van der Waals surface area contributed by atoms with E-state index in [1.54, 1.807) is 12.1 Å². The van der Waals surface area contributed by atoms with Crippen LogP contribution in [0.3, 0.4) is 0 Å². The van der Waals surface area contributed by atoms with E-state index in [1.807, 2.05) is 67.6 Å². The van der Waals surface area contributed by atoms with E-state index in [-0.39, 0.29) is 5.78 Å². The molecule has 0 aromatic heterocycles. The molecule has 4 nitrogen and oxygen atoms in total. The smallest absolute Gasteiger partial charge is 0.231 e. The van der Waals surface area contributed by atoms with Crippen LogP contribution in [0.5, 0.6) is 11.5 Å². The number of fused-ring (bicyclic) bond motifs is 2. The summed E-state index contributed by atoms with van der Waals surface area (Å²) in [5.74, 6) is 1.56. The summed E-state index contributed by atoms with van der Waals surface area (Å²) in [5, 5.41) is 1.07. The van der Waals surface area contributed by atoms with Gasteiger partial charge >= 0.3 is 0 Å². The van der Waals surface area contributed by atoms with Crippen molar-refractivity contribution in [1.82, 2.24) is 4.90 Å². The number of hydrogen-bond donors (Lipinski definition) is 0. The van der Waals surface area contributed by atoms with Gasteiger partial charge in [0.25, 0.3) is 0 Å². The number of ether oxygens (including phenoxy) is 2. The Morgan fingerprint density at radius 2 is 1.85 bits per heavy atom. The molecule has 0 saturated heterocycles. The zero-order chi connectivity index (χ0) is 22.9. The maximum Gasteiger partial charge on any atom is 0.231 e. The Morgan fingerprint density at radius 1 is 1.03 bits per heavy atom. The predicted molar refractivity (Wildman–Crippen MR) is 131 cm³/mol. The lowest BCUT2D eigenvalue weighted by Gasteiger charge is -2.30. The molecule has 3 aromatic carbocycles. The fourth-order valence-electron chi connectivity index (χ4n) is 4.12. The molecule has 0 amide bonds. The van der Waals surface area contributed by atoms with Crippen molar-refractivity contribution in [3.8, 4) is 11.5 Å². The normalized spacial score (nSPS) is 16.6. The number of carbonyl (C=O) groups is 1. The molecule has 2 heterocycles. The highest BCUT2D eigenvalue weighted by Crippen LogP contribution is 2.43. The van der Waals surface area contributed by atoms with Gasteiger partial charge in [0.1, 0.15) is 18.2 Å². The molecule has 2 aliphatic heterocycles. The van der Waals surface area contributed by atoms with Crippen molar-refractivity contribution in [2.45, 2.75) is 20.0 Å². The van der Waals surface area contributed by atoms with E-state index in [4.69, 9.17) is 32.7 Å². The molecule has 0 aliphatic carbocycles. The van der Waals surface area contributed by atoms with Crippen molar-refractivity contribution in [1.29, 1.82) is 0 Å². The van der Waals surface area contributed by atoms with Gasteiger partial charge in [0.15, 0.2) is 5.76 Å². The second-order valence-electron chi connectivity index (χ2n) is 8.11. The lowest BCUT2D eigenvalue weighted by atomic mass is 10.00. The highest BCUT2D eigenvalue weighted by atomic mass is 35.5. The zero-order valence-electron chi connectivity index (χ0n) is 18.0. The van der Waals surface area contributed by atoms with Gasteiger partial charge < -0.3 is 9.47 Å². The van der Waals surface area contributed by atoms with Crippen LogP contribution in [0.15, 0.2) is 72.5 Å². The second-order valence-corrected chi connectivity index (χ2v) is 8.92. The molecule has 3 aromatic rings. The minimum atomic E-state index is -0.116. The maximum absolute atomic E-state index is 13.0. The highest BCUT2D eigenvalue weighted by Gasteiger charge is 2.33. The van der Waals surface area contributed by atoms with Crippen molar-refractivity contribution in [2.24, 2.45) is 0 Å². The van der Waals surface area contributed by atoms with Crippen LogP contribution in [0.2, 0.25) is 10.0 Å². The quantitative estimate of drug-likeness (QED) is 0.386. The standard InChI is InChI=1S/C27H21Cl2NO3/c1-17-26-20(15-30(16-32-26)14-19-10-11-22(28)23(29)12-19)13-21-25(31)24(33-27(17)21)9-5-8-18-6-3-2-4-7-18/h2-13H,14-16H2,1H3/b8-5+,24-9-. The molecule has 0 N–H and O–H groups in total. The van der Waals surface area contributed by atoms with E-state index >= 15 is 0 Å². The van der Waals surface area contributed by atoms with Gasteiger partial charge in [0.05, 0.1) is 15.6 Å². The number of benzene rings is 3. The largest absolute Gasteiger partial charge is 0.477 e. The number of carbonyl (C=O) groups excluding carboxylic acids is 1. The van der Waals surface area contributed by atoms with E-state index in [2.05, 4.69) is 4.90 Å². The summed E-state index contributed by atoms with van der Waals surface area (Å²) in [4.78, 5) is 15.2. The number of ketones is 1. The average Bonchev–Trinajstić information content (AvgIpc) is 3.13. The molecule has 0 bridgehead atoms. The maximum atomic E-state index is 13.0. The summed E-state index contributed by atoms with van der Waals surface area (Å²) in [5.41, 5.74) is 4.49. The molecule has 5 rings (SSSR count). The molecule has 0 fully saturated rings. The summed E-state index contributed by atoms with van der Waals surface area (Å²) < 4.78 is 12.0. The van der Waals surface area contributed by atoms with Crippen molar-refractivity contribution in [3.63, 3.8) is 0 Å². The third-order valence-electron chi connectivity index (χ3n) is 5.73. The Kier molecular flexibility index (Phi) is 5.98. The summed E-state index contributed by atoms with van der Waals surface area (Å²) in [6, 6.07) is 17.4. The number of Topliss-reactive ketones (excluding diaryl/α,β-unsaturated/α-hetero) is 1. The van der Waals surface area contributed by atoms with Gasteiger partial charge in [-0.1, -0.05) is 71.8 Å². The topological polar surface area (TPSA) is 38.8 Å². The van der Waals surface area contributed by atoms with E-state index in [1.165, 1.54) is 0 Å². The fourth-order valence-corrected chi connectivity index (χ4v) is 4.44. The number of allylic oxidation sites excluding steroid dienone is 3. The first-order valence-corrected chi connectivity index (χ1v) is 11.4. The monoisotopic (exact) mass is 477 g/mol. The lowest BCUT2D eigenvalue weighted by Crippen LogP contribution is -2.32. The predicted octanol–water partition coefficient (Wildman–Crippen LogP) is 6.83. The van der Waals surface area contributed by atoms with E-state index in [0.29, 0.717) is 46.9 Å². The Balaban J connectivity index is 1.36. The molecule has 0 radical (unpaired) electrons. The third-order valence-corrected chi connectivity index (χ3v) is 6.47. The molecular weight excluding hydrogens is 457 g/mol. The van der Waals surface area contributed by atoms with Gasteiger partial charge in [0, 0.05) is 24.2 Å². The lowest BCUT2D eigenvalue weighted by molar-refractivity contribution is 0.0876. The van der Waals surface area contributed by atoms with Crippen molar-refractivity contribution in [2.75, 3.05) is 6.73 Å². The number of rotatable bonds is 4. The molecule has 2 aliphatic rings. The average molecular weight is 478 g/mol. The Hall–Kier alpha value is -3.05. The first-order valence-electron chi connectivity index (χ1n) is 10.6. The number of nitrogens with zero attached hydrogens (tertiary/aromatic N) is 1. The van der Waals surface area contributed by atoms with Crippen LogP contribution < -0.4 is 9.47 Å². The summed E-state index contributed by atoms with van der Waals surface area (Å²) >= 11 is 12.2. The number of halogens is 2.